The molecule has 3 amide bonds. The number of aryl methyl sites for hydroxylation is 2. The van der Waals surface area contributed by atoms with Crippen molar-refractivity contribution >= 4 is 40.4 Å². The first-order valence-corrected chi connectivity index (χ1v) is 9.83. The highest BCUT2D eigenvalue weighted by Crippen LogP contribution is 2.25. The molecule has 0 spiro atoms. The maximum absolute atomic E-state index is 12.1. The molecule has 0 aliphatic carbocycles. The van der Waals surface area contributed by atoms with Crippen molar-refractivity contribution in [1.82, 2.24) is 15.2 Å². The van der Waals surface area contributed by atoms with Gasteiger partial charge in [-0.05, 0) is 51.3 Å². The van der Waals surface area contributed by atoms with E-state index in [-0.39, 0.29) is 25.5 Å². The Balaban J connectivity index is 1.55. The van der Waals surface area contributed by atoms with Gasteiger partial charge in [-0.15, -0.1) is 0 Å². The molecule has 2 heterocycles. The molecule has 1 saturated heterocycles. The van der Waals surface area contributed by atoms with Gasteiger partial charge in [0.15, 0.2) is 0 Å². The van der Waals surface area contributed by atoms with E-state index < -0.39 is 17.5 Å². The lowest BCUT2D eigenvalue weighted by Gasteiger charge is -2.15. The predicted octanol–water partition coefficient (Wildman–Crippen LogP) is 3.66. The molecule has 1 N–H and O–H groups in total. The van der Waals surface area contributed by atoms with Crippen LogP contribution in [0.5, 0.6) is 0 Å². The molecule has 1 aliphatic rings. The summed E-state index contributed by atoms with van der Waals surface area (Å²) in [7, 11) is 0. The van der Waals surface area contributed by atoms with Crippen molar-refractivity contribution in [1.29, 1.82) is 0 Å². The highest BCUT2D eigenvalue weighted by atomic mass is 35.5. The predicted molar refractivity (Wildman–Crippen MR) is 110 cm³/mol. The molecule has 2 aromatic rings. The lowest BCUT2D eigenvalue weighted by Crippen LogP contribution is -2.40. The van der Waals surface area contributed by atoms with E-state index in [0.717, 1.165) is 26.9 Å². The van der Waals surface area contributed by atoms with Crippen LogP contribution < -0.4 is 5.32 Å². The fourth-order valence-electron chi connectivity index (χ4n) is 3.24. The number of urea groups is 1. The summed E-state index contributed by atoms with van der Waals surface area (Å²) in [6.45, 7) is 7.48. The van der Waals surface area contributed by atoms with Crippen molar-refractivity contribution in [2.24, 2.45) is 0 Å². The van der Waals surface area contributed by atoms with Gasteiger partial charge in [0.05, 0.1) is 5.52 Å². The van der Waals surface area contributed by atoms with Crippen LogP contribution >= 0.6 is 11.6 Å². The summed E-state index contributed by atoms with van der Waals surface area (Å²) >= 11 is 6.27. The van der Waals surface area contributed by atoms with E-state index in [0.29, 0.717) is 17.1 Å². The van der Waals surface area contributed by atoms with E-state index in [1.165, 1.54) is 0 Å². The monoisotopic (exact) mass is 417 g/mol. The van der Waals surface area contributed by atoms with E-state index >= 15 is 0 Å². The highest BCUT2D eigenvalue weighted by Gasteiger charge is 2.43. The van der Waals surface area contributed by atoms with E-state index in [9.17, 15) is 14.4 Å². The summed E-state index contributed by atoms with van der Waals surface area (Å²) in [5.41, 5.74) is 2.76. The number of aromatic nitrogens is 1. The fraction of sp³-hybridized carbons (Fsp3) is 0.429. The van der Waals surface area contributed by atoms with Gasteiger partial charge in [-0.25, -0.2) is 9.78 Å². The minimum absolute atomic E-state index is 0.0176. The Kier molecular flexibility index (Phi) is 5.80. The number of ether oxygens (including phenoxy) is 1. The van der Waals surface area contributed by atoms with Crippen LogP contribution in [0.1, 0.15) is 43.4 Å². The number of nitrogens with one attached hydrogen (secondary N) is 1. The van der Waals surface area contributed by atoms with Gasteiger partial charge in [-0.2, -0.15) is 0 Å². The van der Waals surface area contributed by atoms with Crippen molar-refractivity contribution < 1.29 is 19.1 Å². The molecule has 29 heavy (non-hydrogen) atoms. The van der Waals surface area contributed by atoms with Crippen LogP contribution in [-0.4, -0.2) is 39.9 Å². The second-order valence-corrected chi connectivity index (χ2v) is 8.15. The van der Waals surface area contributed by atoms with E-state index in [4.69, 9.17) is 16.3 Å². The van der Waals surface area contributed by atoms with Crippen LogP contribution in [0.2, 0.25) is 5.15 Å². The van der Waals surface area contributed by atoms with Gasteiger partial charge >= 0.3 is 12.0 Å². The number of benzene rings is 1. The van der Waals surface area contributed by atoms with Gasteiger partial charge in [-0.1, -0.05) is 23.7 Å². The van der Waals surface area contributed by atoms with Gasteiger partial charge in [0, 0.05) is 23.9 Å². The minimum atomic E-state index is -0.908. The molecule has 0 bridgehead atoms. The standard InChI is InChI=1S/C21H24ClN3O4/c1-12-7-8-14-10-15(18(22)23-17(14)13(12)2)11-29-16(26)6-5-9-25-19(27)21(3,4)24-20(25)28/h7-8,10H,5-6,9,11H2,1-4H3,(H,24,28). The number of amides is 3. The first-order chi connectivity index (χ1) is 13.6. The van der Waals surface area contributed by atoms with Crippen molar-refractivity contribution in [3.8, 4) is 0 Å². The third-order valence-corrected chi connectivity index (χ3v) is 5.46. The summed E-state index contributed by atoms with van der Waals surface area (Å²) in [6, 6.07) is 5.42. The second-order valence-electron chi connectivity index (χ2n) is 7.79. The van der Waals surface area contributed by atoms with Gasteiger partial charge < -0.3 is 10.1 Å². The Labute approximate surface area is 174 Å². The molecule has 1 aromatic heterocycles. The smallest absolute Gasteiger partial charge is 0.325 e. The van der Waals surface area contributed by atoms with Crippen molar-refractivity contribution in [2.75, 3.05) is 6.54 Å². The SMILES string of the molecule is Cc1ccc2cc(COC(=O)CCCN3C(=O)NC(C)(C)C3=O)c(Cl)nc2c1C. The molecule has 154 valence electrons. The Hall–Kier alpha value is -2.67. The van der Waals surface area contributed by atoms with Gasteiger partial charge in [0.1, 0.15) is 17.3 Å². The van der Waals surface area contributed by atoms with Crippen molar-refractivity contribution in [3.05, 3.63) is 40.0 Å². The third-order valence-electron chi connectivity index (χ3n) is 5.13. The molecule has 7 nitrogen and oxygen atoms in total. The lowest BCUT2D eigenvalue weighted by molar-refractivity contribution is -0.145. The molecule has 1 aliphatic heterocycles. The molecule has 0 saturated carbocycles. The number of halogens is 1. The summed E-state index contributed by atoms with van der Waals surface area (Å²) in [5.74, 6) is -0.719. The molecule has 1 aromatic carbocycles. The lowest BCUT2D eigenvalue weighted by atomic mass is 10.0. The van der Waals surface area contributed by atoms with E-state index in [1.807, 2.05) is 32.0 Å². The van der Waals surface area contributed by atoms with Gasteiger partial charge in [0.2, 0.25) is 0 Å². The number of hydrogen-bond donors (Lipinski definition) is 1. The average molecular weight is 418 g/mol. The number of esters is 1. The molecular weight excluding hydrogens is 394 g/mol. The number of imide groups is 1. The van der Waals surface area contributed by atoms with Crippen LogP contribution in [0.3, 0.4) is 0 Å². The Bertz CT molecular complexity index is 1000. The van der Waals surface area contributed by atoms with Gasteiger partial charge in [-0.3, -0.25) is 14.5 Å². The van der Waals surface area contributed by atoms with E-state index in [1.54, 1.807) is 13.8 Å². The maximum Gasteiger partial charge on any atom is 0.325 e. The van der Waals surface area contributed by atoms with Crippen LogP contribution in [0.25, 0.3) is 10.9 Å². The average Bonchev–Trinajstić information content (AvgIpc) is 2.85. The molecule has 0 atom stereocenters. The highest BCUT2D eigenvalue weighted by molar-refractivity contribution is 6.30. The molecule has 3 rings (SSSR count). The summed E-state index contributed by atoms with van der Waals surface area (Å²) in [5, 5.41) is 3.85. The quantitative estimate of drug-likeness (QED) is 0.440. The summed E-state index contributed by atoms with van der Waals surface area (Å²) in [6.07, 6.45) is 0.421. The first-order valence-electron chi connectivity index (χ1n) is 9.45. The number of pyridine rings is 1. The number of carbonyl (C=O) groups excluding carboxylic acids is 3. The Morgan fingerprint density at radius 3 is 2.66 bits per heavy atom. The van der Waals surface area contributed by atoms with Gasteiger partial charge in [0.25, 0.3) is 5.91 Å². The summed E-state index contributed by atoms with van der Waals surface area (Å²) in [4.78, 5) is 41.6. The topological polar surface area (TPSA) is 88.6 Å². The number of fused-ring (bicyclic) bond motifs is 1. The number of nitrogens with zero attached hydrogens (tertiary/aromatic N) is 2. The number of hydrogen-bond acceptors (Lipinski definition) is 5. The normalized spacial score (nSPS) is 15.7. The number of carbonyl (C=O) groups is 3. The van der Waals surface area contributed by atoms with E-state index in [2.05, 4.69) is 10.3 Å². The third kappa shape index (κ3) is 4.34. The second kappa shape index (κ2) is 7.99. The zero-order chi connectivity index (χ0) is 21.3. The van der Waals surface area contributed by atoms with Crippen LogP contribution in [-0.2, 0) is 20.9 Å². The fourth-order valence-corrected chi connectivity index (χ4v) is 3.43. The molecule has 0 radical (unpaired) electrons. The molecular formula is C21H24ClN3O4. The Morgan fingerprint density at radius 2 is 2.00 bits per heavy atom. The van der Waals surface area contributed by atoms with Crippen molar-refractivity contribution in [2.45, 2.75) is 52.7 Å². The summed E-state index contributed by atoms with van der Waals surface area (Å²) < 4.78 is 5.30. The number of rotatable bonds is 6. The molecule has 1 fully saturated rings. The largest absolute Gasteiger partial charge is 0.461 e. The first kappa shape index (κ1) is 21.0. The minimum Gasteiger partial charge on any atom is -0.461 e. The maximum atomic E-state index is 12.1. The molecule has 0 unspecified atom stereocenters. The van der Waals surface area contributed by atoms with Crippen LogP contribution in [0.15, 0.2) is 18.2 Å². The Morgan fingerprint density at radius 1 is 1.28 bits per heavy atom. The van der Waals surface area contributed by atoms with Crippen LogP contribution in [0, 0.1) is 13.8 Å². The van der Waals surface area contributed by atoms with Crippen molar-refractivity contribution in [3.63, 3.8) is 0 Å². The molecule has 8 heteroatoms. The van der Waals surface area contributed by atoms with Crippen LogP contribution in [0.4, 0.5) is 4.79 Å². The zero-order valence-electron chi connectivity index (χ0n) is 17.0. The zero-order valence-corrected chi connectivity index (χ0v) is 17.7.